The third kappa shape index (κ3) is 4.42. The van der Waals surface area contributed by atoms with Crippen LogP contribution in [0.2, 0.25) is 0 Å². The largest absolute Gasteiger partial charge is 0.491 e. The summed E-state index contributed by atoms with van der Waals surface area (Å²) in [6.07, 6.45) is 5.46. The fourth-order valence-corrected chi connectivity index (χ4v) is 3.70. The average molecular weight is 380 g/mol. The van der Waals surface area contributed by atoms with Crippen LogP contribution < -0.4 is 4.74 Å². The molecule has 146 valence electrons. The zero-order valence-corrected chi connectivity index (χ0v) is 15.8. The molecule has 0 amide bonds. The number of hydrogen-bond acceptors (Lipinski definition) is 5. The van der Waals surface area contributed by atoms with Crippen molar-refractivity contribution in [3.8, 4) is 5.75 Å². The average Bonchev–Trinajstić information content (AvgIpc) is 3.41. The summed E-state index contributed by atoms with van der Waals surface area (Å²) in [5.41, 5.74) is 3.55. The molecule has 4 rings (SSSR count). The number of ether oxygens (including phenoxy) is 3. The lowest BCUT2D eigenvalue weighted by atomic mass is 10.0. The minimum absolute atomic E-state index is 0.148. The summed E-state index contributed by atoms with van der Waals surface area (Å²) in [4.78, 5) is 24.5. The summed E-state index contributed by atoms with van der Waals surface area (Å²) in [7, 11) is 0. The van der Waals surface area contributed by atoms with Gasteiger partial charge >= 0.3 is 5.97 Å². The molecular formula is C23H24O5. The van der Waals surface area contributed by atoms with Crippen molar-refractivity contribution >= 4 is 11.8 Å². The van der Waals surface area contributed by atoms with Gasteiger partial charge in [0.05, 0.1) is 11.7 Å². The van der Waals surface area contributed by atoms with E-state index in [1.807, 2.05) is 18.2 Å². The number of Topliss-reactive ketones (excluding diaryl/α,β-unsaturated/α-hetero) is 1. The van der Waals surface area contributed by atoms with Crippen LogP contribution in [0.1, 0.15) is 51.1 Å². The highest BCUT2D eigenvalue weighted by atomic mass is 16.5. The lowest BCUT2D eigenvalue weighted by Crippen LogP contribution is -2.16. The van der Waals surface area contributed by atoms with Crippen molar-refractivity contribution in [2.45, 2.75) is 38.2 Å². The molecule has 0 N–H and O–H groups in total. The highest BCUT2D eigenvalue weighted by Crippen LogP contribution is 2.23. The van der Waals surface area contributed by atoms with E-state index in [1.165, 1.54) is 11.1 Å². The number of esters is 1. The summed E-state index contributed by atoms with van der Waals surface area (Å²) in [5.74, 6) is -0.0129. The van der Waals surface area contributed by atoms with E-state index in [0.29, 0.717) is 23.5 Å². The van der Waals surface area contributed by atoms with Crippen molar-refractivity contribution in [1.82, 2.24) is 0 Å². The van der Waals surface area contributed by atoms with Gasteiger partial charge in [0.25, 0.3) is 0 Å². The monoisotopic (exact) mass is 380 g/mol. The first-order valence-corrected chi connectivity index (χ1v) is 9.85. The molecule has 2 aromatic carbocycles. The van der Waals surface area contributed by atoms with Gasteiger partial charge in [-0.25, -0.2) is 4.79 Å². The SMILES string of the molecule is O=C(COC(=O)c1ccc(OC[C@@H]2CCCO2)cc1)c1ccc2c(c1)CCC2. The fourth-order valence-electron chi connectivity index (χ4n) is 3.70. The molecule has 5 heteroatoms. The molecule has 1 aliphatic heterocycles. The van der Waals surface area contributed by atoms with Crippen LogP contribution in [0.5, 0.6) is 5.75 Å². The van der Waals surface area contributed by atoms with Crippen LogP contribution in [-0.2, 0) is 22.3 Å². The smallest absolute Gasteiger partial charge is 0.338 e. The second-order valence-corrected chi connectivity index (χ2v) is 7.31. The van der Waals surface area contributed by atoms with Gasteiger partial charge in [-0.1, -0.05) is 12.1 Å². The van der Waals surface area contributed by atoms with Gasteiger partial charge in [0, 0.05) is 12.2 Å². The zero-order valence-electron chi connectivity index (χ0n) is 15.8. The molecule has 2 aromatic rings. The van der Waals surface area contributed by atoms with Crippen molar-refractivity contribution in [1.29, 1.82) is 0 Å². The summed E-state index contributed by atoms with van der Waals surface area (Å²) < 4.78 is 16.4. The number of hydrogen-bond donors (Lipinski definition) is 0. The molecule has 0 radical (unpaired) electrons. The van der Waals surface area contributed by atoms with Gasteiger partial charge in [0.15, 0.2) is 12.4 Å². The summed E-state index contributed by atoms with van der Waals surface area (Å²) in [5, 5.41) is 0. The van der Waals surface area contributed by atoms with Crippen molar-refractivity contribution in [3.05, 3.63) is 64.7 Å². The van der Waals surface area contributed by atoms with E-state index in [-0.39, 0.29) is 18.5 Å². The quantitative estimate of drug-likeness (QED) is 0.540. The first-order chi connectivity index (χ1) is 13.7. The molecule has 0 unspecified atom stereocenters. The molecule has 28 heavy (non-hydrogen) atoms. The molecule has 1 atom stereocenters. The minimum Gasteiger partial charge on any atom is -0.491 e. The lowest BCUT2D eigenvalue weighted by Gasteiger charge is -2.11. The molecule has 0 bridgehead atoms. The van der Waals surface area contributed by atoms with Gasteiger partial charge in [-0.05, 0) is 73.6 Å². The normalized spacial score (nSPS) is 17.9. The molecule has 0 aromatic heterocycles. The Kier molecular flexibility index (Phi) is 5.72. The van der Waals surface area contributed by atoms with E-state index in [4.69, 9.17) is 14.2 Å². The highest BCUT2D eigenvalue weighted by molar-refractivity contribution is 5.99. The Labute approximate surface area is 164 Å². The maximum atomic E-state index is 12.3. The third-order valence-electron chi connectivity index (χ3n) is 5.30. The van der Waals surface area contributed by atoms with Crippen molar-refractivity contribution in [2.24, 2.45) is 0 Å². The number of ketones is 1. The second-order valence-electron chi connectivity index (χ2n) is 7.31. The van der Waals surface area contributed by atoms with Crippen molar-refractivity contribution in [2.75, 3.05) is 19.8 Å². The lowest BCUT2D eigenvalue weighted by molar-refractivity contribution is 0.0474. The van der Waals surface area contributed by atoms with Gasteiger partial charge in [0.2, 0.25) is 0 Å². The van der Waals surface area contributed by atoms with Crippen molar-refractivity contribution < 1.29 is 23.8 Å². The first kappa shape index (κ1) is 18.7. The maximum absolute atomic E-state index is 12.3. The Morgan fingerprint density at radius 2 is 1.75 bits per heavy atom. The van der Waals surface area contributed by atoms with Crippen LogP contribution in [0, 0.1) is 0 Å². The summed E-state index contributed by atoms with van der Waals surface area (Å²) >= 11 is 0. The summed E-state index contributed by atoms with van der Waals surface area (Å²) in [6, 6.07) is 12.5. The molecule has 2 aliphatic rings. The van der Waals surface area contributed by atoms with Gasteiger partial charge < -0.3 is 14.2 Å². The predicted octanol–water partition coefficient (Wildman–Crippen LogP) is 3.77. The van der Waals surface area contributed by atoms with Gasteiger partial charge in [-0.2, -0.15) is 0 Å². The van der Waals surface area contributed by atoms with Crippen LogP contribution in [0.4, 0.5) is 0 Å². The van der Waals surface area contributed by atoms with Crippen LogP contribution in [0.3, 0.4) is 0 Å². The van der Waals surface area contributed by atoms with E-state index in [9.17, 15) is 9.59 Å². The number of rotatable bonds is 7. The van der Waals surface area contributed by atoms with Crippen LogP contribution >= 0.6 is 0 Å². The molecule has 1 fully saturated rings. The van der Waals surface area contributed by atoms with Gasteiger partial charge in [-0.3, -0.25) is 4.79 Å². The number of carbonyl (C=O) groups excluding carboxylic acids is 2. The molecular weight excluding hydrogens is 356 g/mol. The van der Waals surface area contributed by atoms with E-state index in [2.05, 4.69) is 0 Å². The van der Waals surface area contributed by atoms with E-state index in [0.717, 1.165) is 38.7 Å². The van der Waals surface area contributed by atoms with E-state index in [1.54, 1.807) is 24.3 Å². The Balaban J connectivity index is 1.27. The van der Waals surface area contributed by atoms with E-state index < -0.39 is 5.97 Å². The number of aryl methyl sites for hydroxylation is 2. The Hall–Kier alpha value is -2.66. The topological polar surface area (TPSA) is 61.8 Å². The molecule has 1 saturated heterocycles. The third-order valence-corrected chi connectivity index (χ3v) is 5.30. The maximum Gasteiger partial charge on any atom is 0.338 e. The molecule has 1 aliphatic carbocycles. The Bertz CT molecular complexity index is 850. The second kappa shape index (κ2) is 8.57. The Morgan fingerprint density at radius 3 is 2.54 bits per heavy atom. The standard InChI is InChI=1S/C23H24O5/c24-22(19-7-6-16-3-1-4-18(16)13-19)15-28-23(25)17-8-10-20(11-9-17)27-14-21-5-2-12-26-21/h6-11,13,21H,1-5,12,14-15H2/t21-/m0/s1. The first-order valence-electron chi connectivity index (χ1n) is 9.85. The number of carbonyl (C=O) groups is 2. The Morgan fingerprint density at radius 1 is 0.964 bits per heavy atom. The van der Waals surface area contributed by atoms with Crippen LogP contribution in [-0.4, -0.2) is 37.7 Å². The van der Waals surface area contributed by atoms with Crippen LogP contribution in [0.15, 0.2) is 42.5 Å². The number of fused-ring (bicyclic) bond motifs is 1. The highest BCUT2D eigenvalue weighted by Gasteiger charge is 2.17. The number of benzene rings is 2. The molecule has 1 heterocycles. The molecule has 0 spiro atoms. The summed E-state index contributed by atoms with van der Waals surface area (Å²) in [6.45, 7) is 1.05. The zero-order chi connectivity index (χ0) is 19.3. The minimum atomic E-state index is -0.514. The molecule has 0 saturated carbocycles. The molecule has 5 nitrogen and oxygen atoms in total. The van der Waals surface area contributed by atoms with Gasteiger partial charge in [-0.15, -0.1) is 0 Å². The van der Waals surface area contributed by atoms with Gasteiger partial charge in [0.1, 0.15) is 12.4 Å². The van der Waals surface area contributed by atoms with Crippen LogP contribution in [0.25, 0.3) is 0 Å². The fraction of sp³-hybridized carbons (Fsp3) is 0.391. The predicted molar refractivity (Wildman–Crippen MR) is 104 cm³/mol. The van der Waals surface area contributed by atoms with E-state index >= 15 is 0 Å². The van der Waals surface area contributed by atoms with Crippen molar-refractivity contribution in [3.63, 3.8) is 0 Å².